The van der Waals surface area contributed by atoms with Crippen molar-refractivity contribution in [2.75, 3.05) is 38.0 Å². The highest BCUT2D eigenvalue weighted by molar-refractivity contribution is 5.89. The Morgan fingerprint density at radius 3 is 2.38 bits per heavy atom. The molecule has 4 amide bonds. The van der Waals surface area contributed by atoms with E-state index in [1.165, 1.54) is 0 Å². The van der Waals surface area contributed by atoms with Gasteiger partial charge in [-0.2, -0.15) is 0 Å². The first-order valence-electron chi connectivity index (χ1n) is 10.8. The molecule has 158 valence electrons. The number of carbonyl (C=O) groups is 3. The number of piperidine rings is 2. The topological polar surface area (TPSA) is 81.8 Å². The van der Waals surface area contributed by atoms with Crippen molar-refractivity contribution in [2.24, 2.45) is 11.8 Å². The third kappa shape index (κ3) is 5.71. The van der Waals surface area contributed by atoms with Gasteiger partial charge in [-0.15, -0.1) is 0 Å². The number of benzene rings is 1. The van der Waals surface area contributed by atoms with Gasteiger partial charge in [-0.3, -0.25) is 9.59 Å². The summed E-state index contributed by atoms with van der Waals surface area (Å²) in [5.41, 5.74) is 0.774. The van der Waals surface area contributed by atoms with E-state index in [1.54, 1.807) is 4.90 Å². The second-order valence-corrected chi connectivity index (χ2v) is 7.97. The number of nitrogens with zero attached hydrogens (tertiary/aromatic N) is 2. The van der Waals surface area contributed by atoms with Crippen LogP contribution in [0.2, 0.25) is 0 Å². The fraction of sp³-hybridized carbons (Fsp3) is 0.591. The van der Waals surface area contributed by atoms with Crippen LogP contribution in [0.5, 0.6) is 0 Å². The van der Waals surface area contributed by atoms with Gasteiger partial charge in [0.15, 0.2) is 0 Å². The Morgan fingerprint density at radius 1 is 0.966 bits per heavy atom. The van der Waals surface area contributed by atoms with Crippen LogP contribution in [0.15, 0.2) is 30.3 Å². The van der Waals surface area contributed by atoms with Crippen LogP contribution in [0.25, 0.3) is 0 Å². The maximum atomic E-state index is 13.0. The summed E-state index contributed by atoms with van der Waals surface area (Å²) in [6.45, 7) is 5.11. The molecule has 2 heterocycles. The molecule has 0 spiro atoms. The summed E-state index contributed by atoms with van der Waals surface area (Å²) >= 11 is 0. The molecule has 0 saturated carbocycles. The summed E-state index contributed by atoms with van der Waals surface area (Å²) < 4.78 is 0. The molecule has 0 radical (unpaired) electrons. The van der Waals surface area contributed by atoms with Crippen molar-refractivity contribution in [2.45, 2.75) is 39.0 Å². The minimum absolute atomic E-state index is 0.0618. The first-order valence-corrected chi connectivity index (χ1v) is 10.8. The van der Waals surface area contributed by atoms with E-state index >= 15 is 0 Å². The monoisotopic (exact) mass is 400 g/mol. The van der Waals surface area contributed by atoms with Crippen LogP contribution >= 0.6 is 0 Å². The highest BCUT2D eigenvalue weighted by Gasteiger charge is 2.34. The van der Waals surface area contributed by atoms with Crippen molar-refractivity contribution in [3.8, 4) is 0 Å². The summed E-state index contributed by atoms with van der Waals surface area (Å²) in [7, 11) is 0. The molecule has 1 aromatic carbocycles. The number of hydrogen-bond donors (Lipinski definition) is 2. The highest BCUT2D eigenvalue weighted by atomic mass is 16.2. The molecule has 0 aromatic heterocycles. The smallest absolute Gasteiger partial charge is 0.321 e. The molecule has 2 aliphatic heterocycles. The molecule has 0 bridgehead atoms. The molecular formula is C22H32N4O3. The molecule has 2 N–H and O–H groups in total. The van der Waals surface area contributed by atoms with Gasteiger partial charge in [0.2, 0.25) is 11.8 Å². The lowest BCUT2D eigenvalue weighted by molar-refractivity contribution is -0.140. The number of para-hydroxylation sites is 1. The average Bonchev–Trinajstić information content (AvgIpc) is 2.77. The van der Waals surface area contributed by atoms with E-state index in [-0.39, 0.29) is 29.7 Å². The standard InChI is InChI=1S/C22H32N4O3/c1-2-12-23-20(27)18-7-6-13-26(16-18)21(28)17-10-14-25(15-11-17)22(29)24-19-8-4-3-5-9-19/h3-5,8-9,17-18H,2,6-7,10-16H2,1H3,(H,23,27)(H,24,29). The molecule has 29 heavy (non-hydrogen) atoms. The number of urea groups is 1. The SMILES string of the molecule is CCCNC(=O)C1CCCN(C(=O)C2CCN(C(=O)Nc3ccccc3)CC2)C1. The second kappa shape index (κ2) is 10.3. The Labute approximate surface area is 172 Å². The summed E-state index contributed by atoms with van der Waals surface area (Å²) in [5.74, 6) is 0.0436. The molecule has 3 rings (SSSR count). The zero-order chi connectivity index (χ0) is 20.6. The van der Waals surface area contributed by atoms with Crippen LogP contribution in [0, 0.1) is 11.8 Å². The molecule has 7 nitrogen and oxygen atoms in total. The van der Waals surface area contributed by atoms with Crippen molar-refractivity contribution < 1.29 is 14.4 Å². The van der Waals surface area contributed by atoms with E-state index in [9.17, 15) is 14.4 Å². The normalized spacial score (nSPS) is 20.2. The Kier molecular flexibility index (Phi) is 7.49. The van der Waals surface area contributed by atoms with Crippen molar-refractivity contribution in [3.63, 3.8) is 0 Å². The first kappa shape index (κ1) is 21.1. The molecule has 1 aromatic rings. The minimum Gasteiger partial charge on any atom is -0.356 e. The van der Waals surface area contributed by atoms with Gasteiger partial charge in [0.25, 0.3) is 0 Å². The highest BCUT2D eigenvalue weighted by Crippen LogP contribution is 2.24. The molecular weight excluding hydrogens is 368 g/mol. The van der Waals surface area contributed by atoms with Crippen LogP contribution in [-0.4, -0.2) is 60.4 Å². The Bertz CT molecular complexity index is 701. The zero-order valence-corrected chi connectivity index (χ0v) is 17.2. The number of likely N-dealkylation sites (tertiary alicyclic amines) is 2. The maximum Gasteiger partial charge on any atom is 0.321 e. The lowest BCUT2D eigenvalue weighted by Crippen LogP contribution is -2.50. The molecule has 2 fully saturated rings. The van der Waals surface area contributed by atoms with Gasteiger partial charge in [0, 0.05) is 44.3 Å². The van der Waals surface area contributed by atoms with Gasteiger partial charge in [0.05, 0.1) is 5.92 Å². The first-order chi connectivity index (χ1) is 14.1. The van der Waals surface area contributed by atoms with Crippen LogP contribution in [-0.2, 0) is 9.59 Å². The summed E-state index contributed by atoms with van der Waals surface area (Å²) in [6.07, 6.45) is 3.97. The molecule has 1 unspecified atom stereocenters. The van der Waals surface area contributed by atoms with Gasteiger partial charge < -0.3 is 20.4 Å². The number of amides is 4. The van der Waals surface area contributed by atoms with Crippen LogP contribution in [0.1, 0.15) is 39.0 Å². The summed E-state index contributed by atoms with van der Waals surface area (Å²) in [5, 5.41) is 5.85. The third-order valence-corrected chi connectivity index (χ3v) is 5.81. The van der Waals surface area contributed by atoms with E-state index in [4.69, 9.17) is 0 Å². The number of anilines is 1. The molecule has 2 aliphatic rings. The number of rotatable bonds is 5. The van der Waals surface area contributed by atoms with Crippen molar-refractivity contribution in [1.29, 1.82) is 0 Å². The Morgan fingerprint density at radius 2 is 1.69 bits per heavy atom. The summed E-state index contributed by atoms with van der Waals surface area (Å²) in [4.78, 5) is 41.3. The van der Waals surface area contributed by atoms with Crippen molar-refractivity contribution in [1.82, 2.24) is 15.1 Å². The maximum absolute atomic E-state index is 13.0. The van der Waals surface area contributed by atoms with Gasteiger partial charge in [0.1, 0.15) is 0 Å². The molecule has 1 atom stereocenters. The van der Waals surface area contributed by atoms with Crippen LogP contribution < -0.4 is 10.6 Å². The minimum atomic E-state index is -0.118. The van der Waals surface area contributed by atoms with Gasteiger partial charge in [-0.05, 0) is 44.2 Å². The lowest BCUT2D eigenvalue weighted by atomic mass is 9.92. The van der Waals surface area contributed by atoms with E-state index in [0.717, 1.165) is 31.5 Å². The second-order valence-electron chi connectivity index (χ2n) is 7.97. The van der Waals surface area contributed by atoms with Crippen LogP contribution in [0.4, 0.5) is 10.5 Å². The largest absolute Gasteiger partial charge is 0.356 e. The average molecular weight is 401 g/mol. The fourth-order valence-electron chi connectivity index (χ4n) is 4.10. The predicted octanol–water partition coefficient (Wildman–Crippen LogP) is 2.70. The summed E-state index contributed by atoms with van der Waals surface area (Å²) in [6, 6.07) is 9.28. The van der Waals surface area contributed by atoms with Gasteiger partial charge >= 0.3 is 6.03 Å². The third-order valence-electron chi connectivity index (χ3n) is 5.81. The molecule has 2 saturated heterocycles. The quantitative estimate of drug-likeness (QED) is 0.797. The van der Waals surface area contributed by atoms with E-state index in [2.05, 4.69) is 10.6 Å². The molecule has 0 aliphatic carbocycles. The van der Waals surface area contributed by atoms with Gasteiger partial charge in [-0.1, -0.05) is 25.1 Å². The fourth-order valence-corrected chi connectivity index (χ4v) is 4.10. The number of nitrogens with one attached hydrogen (secondary N) is 2. The Hall–Kier alpha value is -2.57. The van der Waals surface area contributed by atoms with Crippen molar-refractivity contribution in [3.05, 3.63) is 30.3 Å². The van der Waals surface area contributed by atoms with E-state index in [0.29, 0.717) is 39.0 Å². The van der Waals surface area contributed by atoms with Crippen LogP contribution in [0.3, 0.4) is 0 Å². The van der Waals surface area contributed by atoms with E-state index in [1.807, 2.05) is 42.2 Å². The molecule has 7 heteroatoms. The van der Waals surface area contributed by atoms with Gasteiger partial charge in [-0.25, -0.2) is 4.79 Å². The lowest BCUT2D eigenvalue weighted by Gasteiger charge is -2.37. The van der Waals surface area contributed by atoms with Crippen molar-refractivity contribution >= 4 is 23.5 Å². The van der Waals surface area contributed by atoms with E-state index < -0.39 is 0 Å². The Balaban J connectivity index is 1.46. The number of hydrogen-bond acceptors (Lipinski definition) is 3. The number of carbonyl (C=O) groups excluding carboxylic acids is 3. The zero-order valence-electron chi connectivity index (χ0n) is 17.2. The predicted molar refractivity (Wildman–Crippen MR) is 112 cm³/mol.